The SMILES string of the molecule is Cc1ccc(F)cc1NC(=O)CCn1ccnc1. The Hall–Kier alpha value is -2.17. The van der Waals surface area contributed by atoms with E-state index in [9.17, 15) is 9.18 Å². The van der Waals surface area contributed by atoms with Gasteiger partial charge in [0.25, 0.3) is 0 Å². The third kappa shape index (κ3) is 3.16. The number of hydrogen-bond acceptors (Lipinski definition) is 2. The molecule has 18 heavy (non-hydrogen) atoms. The molecule has 0 aliphatic heterocycles. The molecule has 0 aliphatic rings. The maximum absolute atomic E-state index is 13.0. The molecule has 2 rings (SSSR count). The topological polar surface area (TPSA) is 46.9 Å². The Bertz CT molecular complexity index is 537. The molecule has 1 heterocycles. The van der Waals surface area contributed by atoms with Gasteiger partial charge in [0.05, 0.1) is 6.33 Å². The van der Waals surface area contributed by atoms with E-state index in [0.29, 0.717) is 18.7 Å². The van der Waals surface area contributed by atoms with E-state index >= 15 is 0 Å². The minimum absolute atomic E-state index is 0.141. The van der Waals surface area contributed by atoms with E-state index in [2.05, 4.69) is 10.3 Å². The molecule has 1 aromatic carbocycles. The highest BCUT2D eigenvalue weighted by Crippen LogP contribution is 2.16. The van der Waals surface area contributed by atoms with Crippen LogP contribution in [0.15, 0.2) is 36.9 Å². The molecule has 1 amide bonds. The molecule has 0 fully saturated rings. The van der Waals surface area contributed by atoms with Crippen molar-refractivity contribution in [1.82, 2.24) is 9.55 Å². The fraction of sp³-hybridized carbons (Fsp3) is 0.231. The van der Waals surface area contributed by atoms with E-state index in [-0.39, 0.29) is 11.7 Å². The fourth-order valence-electron chi connectivity index (χ4n) is 1.59. The van der Waals surface area contributed by atoms with Gasteiger partial charge in [-0.05, 0) is 24.6 Å². The van der Waals surface area contributed by atoms with Crippen molar-refractivity contribution in [2.75, 3.05) is 5.32 Å². The molecule has 0 aliphatic carbocycles. The summed E-state index contributed by atoms with van der Waals surface area (Å²) in [5, 5.41) is 2.70. The van der Waals surface area contributed by atoms with Gasteiger partial charge in [0.2, 0.25) is 5.91 Å². The van der Waals surface area contributed by atoms with Crippen LogP contribution in [0, 0.1) is 12.7 Å². The number of carbonyl (C=O) groups is 1. The summed E-state index contributed by atoms with van der Waals surface area (Å²) >= 11 is 0. The van der Waals surface area contributed by atoms with Crippen LogP contribution in [0.2, 0.25) is 0 Å². The molecule has 0 atom stereocenters. The smallest absolute Gasteiger partial charge is 0.226 e. The molecule has 0 saturated heterocycles. The van der Waals surface area contributed by atoms with Gasteiger partial charge in [-0.15, -0.1) is 0 Å². The Balaban J connectivity index is 1.92. The van der Waals surface area contributed by atoms with Crippen molar-refractivity contribution < 1.29 is 9.18 Å². The first kappa shape index (κ1) is 12.3. The average molecular weight is 247 g/mol. The molecule has 0 spiro atoms. The number of imidazole rings is 1. The Morgan fingerprint density at radius 1 is 1.50 bits per heavy atom. The van der Waals surface area contributed by atoms with Crippen molar-refractivity contribution in [3.63, 3.8) is 0 Å². The Labute approximate surface area is 104 Å². The van der Waals surface area contributed by atoms with Gasteiger partial charge in [-0.25, -0.2) is 9.37 Å². The van der Waals surface area contributed by atoms with Gasteiger partial charge in [0.15, 0.2) is 0 Å². The van der Waals surface area contributed by atoms with Crippen LogP contribution in [0.25, 0.3) is 0 Å². The van der Waals surface area contributed by atoms with Crippen LogP contribution >= 0.6 is 0 Å². The average Bonchev–Trinajstić information content (AvgIpc) is 2.84. The molecule has 4 nitrogen and oxygen atoms in total. The molecule has 0 unspecified atom stereocenters. The number of hydrogen-bond donors (Lipinski definition) is 1. The van der Waals surface area contributed by atoms with Crippen LogP contribution in [0.5, 0.6) is 0 Å². The van der Waals surface area contributed by atoms with Gasteiger partial charge in [0.1, 0.15) is 5.82 Å². The minimum Gasteiger partial charge on any atom is -0.337 e. The highest BCUT2D eigenvalue weighted by Gasteiger charge is 2.06. The van der Waals surface area contributed by atoms with Crippen LogP contribution in [-0.2, 0) is 11.3 Å². The summed E-state index contributed by atoms with van der Waals surface area (Å²) in [5.74, 6) is -0.497. The molecule has 94 valence electrons. The number of nitrogens with one attached hydrogen (secondary N) is 1. The lowest BCUT2D eigenvalue weighted by Gasteiger charge is -2.08. The lowest BCUT2D eigenvalue weighted by Crippen LogP contribution is -2.14. The summed E-state index contributed by atoms with van der Waals surface area (Å²) in [7, 11) is 0. The van der Waals surface area contributed by atoms with E-state index in [1.165, 1.54) is 12.1 Å². The lowest BCUT2D eigenvalue weighted by atomic mass is 10.2. The molecular formula is C13H14FN3O. The molecular weight excluding hydrogens is 233 g/mol. The Morgan fingerprint density at radius 3 is 3.06 bits per heavy atom. The van der Waals surface area contributed by atoms with Crippen molar-refractivity contribution >= 4 is 11.6 Å². The number of aromatic nitrogens is 2. The maximum Gasteiger partial charge on any atom is 0.226 e. The molecule has 1 N–H and O–H groups in total. The van der Waals surface area contributed by atoms with Crippen LogP contribution in [-0.4, -0.2) is 15.5 Å². The second kappa shape index (κ2) is 5.44. The van der Waals surface area contributed by atoms with Gasteiger partial charge >= 0.3 is 0 Å². The number of carbonyl (C=O) groups excluding carboxylic acids is 1. The summed E-state index contributed by atoms with van der Waals surface area (Å²) < 4.78 is 14.9. The van der Waals surface area contributed by atoms with Crippen molar-refractivity contribution in [2.24, 2.45) is 0 Å². The summed E-state index contributed by atoms with van der Waals surface area (Å²) in [6, 6.07) is 4.34. The van der Waals surface area contributed by atoms with Crippen LogP contribution < -0.4 is 5.32 Å². The van der Waals surface area contributed by atoms with E-state index in [0.717, 1.165) is 5.56 Å². The first-order valence-corrected chi connectivity index (χ1v) is 5.67. The molecule has 5 heteroatoms. The maximum atomic E-state index is 13.0. The molecule has 0 radical (unpaired) electrons. The van der Waals surface area contributed by atoms with E-state index in [4.69, 9.17) is 0 Å². The van der Waals surface area contributed by atoms with E-state index < -0.39 is 0 Å². The number of benzene rings is 1. The van der Waals surface area contributed by atoms with Crippen LogP contribution in [0.4, 0.5) is 10.1 Å². The summed E-state index contributed by atoms with van der Waals surface area (Å²) in [6.45, 7) is 2.38. The van der Waals surface area contributed by atoms with E-state index in [1.807, 2.05) is 11.5 Å². The monoisotopic (exact) mass is 247 g/mol. The number of halogens is 1. The fourth-order valence-corrected chi connectivity index (χ4v) is 1.59. The second-order valence-corrected chi connectivity index (χ2v) is 4.06. The van der Waals surface area contributed by atoms with Crippen LogP contribution in [0.1, 0.15) is 12.0 Å². The van der Waals surface area contributed by atoms with Gasteiger partial charge in [-0.1, -0.05) is 6.07 Å². The zero-order valence-electron chi connectivity index (χ0n) is 10.1. The Kier molecular flexibility index (Phi) is 3.72. The normalized spacial score (nSPS) is 10.3. The molecule has 0 bridgehead atoms. The third-order valence-electron chi connectivity index (χ3n) is 2.63. The lowest BCUT2D eigenvalue weighted by molar-refractivity contribution is -0.116. The standard InChI is InChI=1S/C13H14FN3O/c1-10-2-3-11(14)8-12(10)16-13(18)4-6-17-7-5-15-9-17/h2-3,5,7-9H,4,6H2,1H3,(H,16,18). The van der Waals surface area contributed by atoms with Gasteiger partial charge in [0, 0.05) is 31.0 Å². The molecule has 0 saturated carbocycles. The quantitative estimate of drug-likeness (QED) is 0.901. The molecule has 1 aromatic heterocycles. The van der Waals surface area contributed by atoms with Gasteiger partial charge < -0.3 is 9.88 Å². The zero-order valence-corrected chi connectivity index (χ0v) is 10.1. The van der Waals surface area contributed by atoms with Crippen molar-refractivity contribution in [3.05, 3.63) is 48.3 Å². The third-order valence-corrected chi connectivity index (χ3v) is 2.63. The number of anilines is 1. The number of aryl methyl sites for hydroxylation is 2. The van der Waals surface area contributed by atoms with Gasteiger partial charge in [-0.3, -0.25) is 4.79 Å². The molecule has 2 aromatic rings. The number of nitrogens with zero attached hydrogens (tertiary/aromatic N) is 2. The van der Waals surface area contributed by atoms with Crippen molar-refractivity contribution in [2.45, 2.75) is 19.9 Å². The zero-order chi connectivity index (χ0) is 13.0. The highest BCUT2D eigenvalue weighted by molar-refractivity contribution is 5.91. The predicted molar refractivity (Wildman–Crippen MR) is 66.6 cm³/mol. The summed E-state index contributed by atoms with van der Waals surface area (Å²) in [5.41, 5.74) is 1.36. The Morgan fingerprint density at radius 2 is 2.33 bits per heavy atom. The summed E-state index contributed by atoms with van der Waals surface area (Å²) in [6.07, 6.45) is 5.43. The second-order valence-electron chi connectivity index (χ2n) is 4.06. The van der Waals surface area contributed by atoms with Crippen molar-refractivity contribution in [3.8, 4) is 0 Å². The van der Waals surface area contributed by atoms with Crippen molar-refractivity contribution in [1.29, 1.82) is 0 Å². The van der Waals surface area contributed by atoms with E-state index in [1.54, 1.807) is 24.8 Å². The number of amides is 1. The first-order chi connectivity index (χ1) is 8.65. The summed E-state index contributed by atoms with van der Waals surface area (Å²) in [4.78, 5) is 15.6. The minimum atomic E-state index is -0.356. The number of rotatable bonds is 4. The largest absolute Gasteiger partial charge is 0.337 e. The van der Waals surface area contributed by atoms with Gasteiger partial charge in [-0.2, -0.15) is 0 Å². The van der Waals surface area contributed by atoms with Crippen LogP contribution in [0.3, 0.4) is 0 Å². The first-order valence-electron chi connectivity index (χ1n) is 5.67. The highest BCUT2D eigenvalue weighted by atomic mass is 19.1. The predicted octanol–water partition coefficient (Wildman–Crippen LogP) is 2.36.